The molecule has 3 rings (SSSR count). The molecule has 2 fully saturated rings. The maximum absolute atomic E-state index is 12.0. The van der Waals surface area contributed by atoms with E-state index in [1.165, 1.54) is 31.3 Å². The van der Waals surface area contributed by atoms with Crippen LogP contribution in [0.25, 0.3) is 0 Å². The van der Waals surface area contributed by atoms with Crippen LogP contribution in [0.2, 0.25) is 0 Å². The van der Waals surface area contributed by atoms with Crippen LogP contribution in [0.4, 0.5) is 0 Å². The molecule has 1 N–H and O–H groups in total. The Morgan fingerprint density at radius 1 is 1.35 bits per heavy atom. The minimum absolute atomic E-state index is 0.0835. The third-order valence-corrected chi connectivity index (χ3v) is 4.60. The zero-order valence-corrected chi connectivity index (χ0v) is 12.1. The van der Waals surface area contributed by atoms with Crippen molar-refractivity contribution in [3.05, 3.63) is 11.6 Å². The molecule has 0 aromatic rings. The highest BCUT2D eigenvalue weighted by molar-refractivity contribution is 5.89. The van der Waals surface area contributed by atoms with Crippen LogP contribution in [-0.4, -0.2) is 35.8 Å². The highest BCUT2D eigenvalue weighted by atomic mass is 16.2. The number of nitrogens with one attached hydrogen (secondary N) is 1. The molecule has 0 spiro atoms. The molecule has 4 nitrogen and oxygen atoms in total. The number of hydrogen-bond acceptors (Lipinski definition) is 2. The molecule has 0 radical (unpaired) electrons. The topological polar surface area (TPSA) is 49.4 Å². The molecule has 4 heteroatoms. The second-order valence-corrected chi connectivity index (χ2v) is 6.38. The van der Waals surface area contributed by atoms with Crippen LogP contribution < -0.4 is 5.32 Å². The summed E-state index contributed by atoms with van der Waals surface area (Å²) in [6, 6.07) is 0.388. The lowest BCUT2D eigenvalue weighted by Gasteiger charge is -2.19. The number of rotatable bonds is 5. The molecular weight excluding hydrogens is 252 g/mol. The van der Waals surface area contributed by atoms with Crippen molar-refractivity contribution in [3.8, 4) is 0 Å². The van der Waals surface area contributed by atoms with E-state index in [2.05, 4.69) is 11.4 Å². The normalized spacial score (nSPS) is 26.6. The minimum Gasteiger partial charge on any atom is -0.353 e. The first kappa shape index (κ1) is 13.7. The fraction of sp³-hybridized carbons (Fsp3) is 0.750. The Morgan fingerprint density at radius 2 is 2.20 bits per heavy atom. The van der Waals surface area contributed by atoms with Gasteiger partial charge in [-0.2, -0.15) is 0 Å². The minimum atomic E-state index is -0.122. The van der Waals surface area contributed by atoms with Gasteiger partial charge in [-0.1, -0.05) is 11.6 Å². The van der Waals surface area contributed by atoms with E-state index in [1.807, 2.05) is 4.90 Å². The van der Waals surface area contributed by atoms with E-state index in [-0.39, 0.29) is 17.7 Å². The fourth-order valence-corrected chi connectivity index (χ4v) is 3.12. The van der Waals surface area contributed by atoms with E-state index in [9.17, 15) is 9.59 Å². The largest absolute Gasteiger partial charge is 0.353 e. The number of hydrogen-bond donors (Lipinski definition) is 1. The molecule has 0 aromatic heterocycles. The van der Waals surface area contributed by atoms with Gasteiger partial charge in [0, 0.05) is 25.6 Å². The lowest BCUT2D eigenvalue weighted by atomic mass is 9.97. The zero-order chi connectivity index (χ0) is 13.9. The molecule has 1 atom stereocenters. The molecule has 1 saturated heterocycles. The predicted molar refractivity (Wildman–Crippen MR) is 77.0 cm³/mol. The van der Waals surface area contributed by atoms with Gasteiger partial charge in [-0.25, -0.2) is 0 Å². The van der Waals surface area contributed by atoms with Crippen LogP contribution in [0.15, 0.2) is 11.6 Å². The number of carbonyl (C=O) groups excluding carboxylic acids is 2. The van der Waals surface area contributed by atoms with Gasteiger partial charge in [0.1, 0.15) is 0 Å². The lowest BCUT2D eigenvalue weighted by Crippen LogP contribution is -2.34. The van der Waals surface area contributed by atoms with Crippen LogP contribution in [0.5, 0.6) is 0 Å². The summed E-state index contributed by atoms with van der Waals surface area (Å²) >= 11 is 0. The van der Waals surface area contributed by atoms with Gasteiger partial charge in [0.15, 0.2) is 0 Å². The zero-order valence-electron chi connectivity index (χ0n) is 12.1. The molecule has 1 unspecified atom stereocenters. The van der Waals surface area contributed by atoms with Crippen molar-refractivity contribution in [2.24, 2.45) is 5.92 Å². The van der Waals surface area contributed by atoms with Crippen molar-refractivity contribution in [1.82, 2.24) is 10.2 Å². The van der Waals surface area contributed by atoms with Crippen molar-refractivity contribution >= 4 is 11.8 Å². The summed E-state index contributed by atoms with van der Waals surface area (Å²) in [6.07, 6.45) is 10.9. The summed E-state index contributed by atoms with van der Waals surface area (Å²) in [4.78, 5) is 25.9. The summed E-state index contributed by atoms with van der Waals surface area (Å²) in [5, 5.41) is 3.01. The van der Waals surface area contributed by atoms with Gasteiger partial charge in [0.2, 0.25) is 11.8 Å². The Labute approximate surface area is 120 Å². The molecule has 110 valence electrons. The second-order valence-electron chi connectivity index (χ2n) is 6.38. The van der Waals surface area contributed by atoms with E-state index < -0.39 is 0 Å². The van der Waals surface area contributed by atoms with Gasteiger partial charge in [0.25, 0.3) is 0 Å². The number of carbonyl (C=O) groups is 2. The highest BCUT2D eigenvalue weighted by Crippen LogP contribution is 2.25. The summed E-state index contributed by atoms with van der Waals surface area (Å²) in [7, 11) is 0. The first-order valence-corrected chi connectivity index (χ1v) is 7.98. The van der Waals surface area contributed by atoms with Gasteiger partial charge >= 0.3 is 0 Å². The summed E-state index contributed by atoms with van der Waals surface area (Å²) in [5.41, 5.74) is 1.50. The Kier molecular flexibility index (Phi) is 4.08. The average molecular weight is 276 g/mol. The number of nitrogens with zero attached hydrogens (tertiary/aromatic N) is 1. The Morgan fingerprint density at radius 3 is 2.90 bits per heavy atom. The van der Waals surface area contributed by atoms with Crippen molar-refractivity contribution in [1.29, 1.82) is 0 Å². The number of amides is 2. The fourth-order valence-electron chi connectivity index (χ4n) is 3.12. The van der Waals surface area contributed by atoms with Gasteiger partial charge < -0.3 is 10.2 Å². The summed E-state index contributed by atoms with van der Waals surface area (Å²) in [5.74, 6) is 0.112. The molecular formula is C16H24N2O2. The third-order valence-electron chi connectivity index (χ3n) is 4.60. The Balaban J connectivity index is 1.46. The van der Waals surface area contributed by atoms with Crippen LogP contribution in [0.1, 0.15) is 51.4 Å². The second kappa shape index (κ2) is 5.98. The lowest BCUT2D eigenvalue weighted by molar-refractivity contribution is -0.129. The molecule has 1 saturated carbocycles. The van der Waals surface area contributed by atoms with Crippen molar-refractivity contribution < 1.29 is 9.59 Å². The molecule has 1 aliphatic heterocycles. The summed E-state index contributed by atoms with van der Waals surface area (Å²) in [6.45, 7) is 1.41. The number of likely N-dealkylation sites (tertiary alicyclic amines) is 1. The quantitative estimate of drug-likeness (QED) is 0.781. The van der Waals surface area contributed by atoms with E-state index in [0.29, 0.717) is 19.0 Å². The molecule has 3 aliphatic rings. The van der Waals surface area contributed by atoms with Crippen LogP contribution in [-0.2, 0) is 9.59 Å². The first-order valence-electron chi connectivity index (χ1n) is 7.98. The average Bonchev–Trinajstić information content (AvgIpc) is 3.19. The summed E-state index contributed by atoms with van der Waals surface area (Å²) < 4.78 is 0. The predicted octanol–water partition coefficient (Wildman–Crippen LogP) is 2.00. The van der Waals surface area contributed by atoms with Crippen LogP contribution in [0.3, 0.4) is 0 Å². The highest BCUT2D eigenvalue weighted by Gasteiger charge is 2.36. The van der Waals surface area contributed by atoms with Crippen LogP contribution >= 0.6 is 0 Å². The van der Waals surface area contributed by atoms with Gasteiger partial charge in [-0.05, 0) is 44.9 Å². The molecule has 1 heterocycles. The van der Waals surface area contributed by atoms with E-state index >= 15 is 0 Å². The van der Waals surface area contributed by atoms with E-state index in [0.717, 1.165) is 25.8 Å². The molecule has 2 aliphatic carbocycles. The van der Waals surface area contributed by atoms with Crippen LogP contribution in [0, 0.1) is 5.92 Å². The van der Waals surface area contributed by atoms with E-state index in [1.54, 1.807) is 0 Å². The van der Waals surface area contributed by atoms with Crippen molar-refractivity contribution in [2.45, 2.75) is 57.4 Å². The molecule has 0 aromatic carbocycles. The SMILES string of the molecule is O=C(NC1CC1)C1CC(=O)N(CCC2=CCCCC2)C1. The van der Waals surface area contributed by atoms with Gasteiger partial charge in [-0.3, -0.25) is 9.59 Å². The number of allylic oxidation sites excluding steroid dienone is 1. The third kappa shape index (κ3) is 3.41. The molecule has 0 bridgehead atoms. The Bertz CT molecular complexity index is 426. The maximum Gasteiger partial charge on any atom is 0.225 e. The van der Waals surface area contributed by atoms with E-state index in [4.69, 9.17) is 0 Å². The van der Waals surface area contributed by atoms with Crippen molar-refractivity contribution in [3.63, 3.8) is 0 Å². The van der Waals surface area contributed by atoms with Gasteiger partial charge in [-0.15, -0.1) is 0 Å². The molecule has 20 heavy (non-hydrogen) atoms. The Hall–Kier alpha value is -1.32. The van der Waals surface area contributed by atoms with Crippen molar-refractivity contribution in [2.75, 3.05) is 13.1 Å². The van der Waals surface area contributed by atoms with Gasteiger partial charge in [0.05, 0.1) is 5.92 Å². The first-order chi connectivity index (χ1) is 9.72. The maximum atomic E-state index is 12.0. The molecule has 2 amide bonds. The monoisotopic (exact) mass is 276 g/mol. The smallest absolute Gasteiger partial charge is 0.225 e. The standard InChI is InChI=1S/C16H24N2O2/c19-15-10-13(16(20)17-14-6-7-14)11-18(15)9-8-12-4-2-1-3-5-12/h4,13-14H,1-3,5-11H2,(H,17,20).